The smallest absolute Gasteiger partial charge is 0.269 e. The fraction of sp³-hybridized carbons (Fsp3) is 0.118. The van der Waals surface area contributed by atoms with E-state index >= 15 is 0 Å². The van der Waals surface area contributed by atoms with E-state index in [0.29, 0.717) is 12.0 Å². The normalized spacial score (nSPS) is 9.72. The number of amides is 2. The van der Waals surface area contributed by atoms with E-state index in [2.05, 4.69) is 10.9 Å². The molecule has 0 aliphatic heterocycles. The molecule has 8 nitrogen and oxygen atoms in total. The Bertz CT molecular complexity index is 823. The van der Waals surface area contributed by atoms with Crippen LogP contribution in [0.1, 0.15) is 27.9 Å². The lowest BCUT2D eigenvalue weighted by molar-refractivity contribution is -0.384. The van der Waals surface area contributed by atoms with Gasteiger partial charge in [-0.1, -0.05) is 12.1 Å². The summed E-state index contributed by atoms with van der Waals surface area (Å²) in [5.74, 6) is -0.943. The van der Waals surface area contributed by atoms with Gasteiger partial charge in [0.05, 0.1) is 16.6 Å². The van der Waals surface area contributed by atoms with Crippen LogP contribution in [0.5, 0.6) is 0 Å². The van der Waals surface area contributed by atoms with Crippen molar-refractivity contribution in [1.82, 2.24) is 10.9 Å². The molecule has 2 amide bonds. The summed E-state index contributed by atoms with van der Waals surface area (Å²) in [7, 11) is 0. The van der Waals surface area contributed by atoms with E-state index in [0.717, 1.165) is 5.56 Å². The molecule has 0 atom stereocenters. The largest absolute Gasteiger partial charge is 0.273 e. The van der Waals surface area contributed by atoms with Crippen LogP contribution in [0.25, 0.3) is 0 Å². The van der Waals surface area contributed by atoms with Gasteiger partial charge in [0.15, 0.2) is 0 Å². The van der Waals surface area contributed by atoms with E-state index in [1.54, 1.807) is 24.3 Å². The molecule has 0 fully saturated rings. The molecule has 0 heterocycles. The van der Waals surface area contributed by atoms with Crippen LogP contribution in [0.15, 0.2) is 48.5 Å². The first-order valence-corrected chi connectivity index (χ1v) is 7.32. The lowest BCUT2D eigenvalue weighted by Gasteiger charge is -2.07. The summed E-state index contributed by atoms with van der Waals surface area (Å²) < 4.78 is 0. The number of carbonyl (C=O) groups is 2. The molecule has 0 aromatic heterocycles. The third-order valence-electron chi connectivity index (χ3n) is 3.38. The van der Waals surface area contributed by atoms with Gasteiger partial charge in [-0.15, -0.1) is 0 Å². The zero-order chi connectivity index (χ0) is 18.2. The van der Waals surface area contributed by atoms with Crippen molar-refractivity contribution in [3.8, 4) is 6.07 Å². The van der Waals surface area contributed by atoms with Crippen LogP contribution < -0.4 is 10.9 Å². The highest BCUT2D eigenvalue weighted by Crippen LogP contribution is 2.11. The first-order valence-electron chi connectivity index (χ1n) is 7.32. The number of carbonyl (C=O) groups excluding carboxylic acids is 2. The SMILES string of the molecule is N#Cc1ccc(CCC(=O)NNC(=O)c2ccc([N+](=O)[O-])cc2)cc1. The Hall–Kier alpha value is -3.73. The second kappa shape index (κ2) is 8.21. The molecule has 0 aliphatic carbocycles. The van der Waals surface area contributed by atoms with E-state index < -0.39 is 10.8 Å². The van der Waals surface area contributed by atoms with Gasteiger partial charge in [-0.3, -0.25) is 30.6 Å². The summed E-state index contributed by atoms with van der Waals surface area (Å²) in [4.78, 5) is 33.6. The number of hydrogen-bond acceptors (Lipinski definition) is 5. The number of nitrogens with one attached hydrogen (secondary N) is 2. The number of non-ortho nitro benzene ring substituents is 1. The lowest BCUT2D eigenvalue weighted by atomic mass is 10.1. The molecule has 2 N–H and O–H groups in total. The second-order valence-electron chi connectivity index (χ2n) is 5.12. The van der Waals surface area contributed by atoms with E-state index in [-0.39, 0.29) is 23.6 Å². The first-order chi connectivity index (χ1) is 12.0. The van der Waals surface area contributed by atoms with Crippen molar-refractivity contribution >= 4 is 17.5 Å². The van der Waals surface area contributed by atoms with Crippen molar-refractivity contribution in [1.29, 1.82) is 5.26 Å². The highest BCUT2D eigenvalue weighted by molar-refractivity contribution is 5.95. The molecule has 2 aromatic rings. The molecule has 0 spiro atoms. The number of nitrogens with zero attached hydrogens (tertiary/aromatic N) is 2. The van der Waals surface area contributed by atoms with Crippen LogP contribution in [0.2, 0.25) is 0 Å². The molecule has 8 heteroatoms. The molecule has 2 rings (SSSR count). The summed E-state index contributed by atoms with van der Waals surface area (Å²) >= 11 is 0. The molecule has 0 saturated carbocycles. The molecule has 2 aromatic carbocycles. The Morgan fingerprint density at radius 1 is 1.04 bits per heavy atom. The maximum Gasteiger partial charge on any atom is 0.269 e. The van der Waals surface area contributed by atoms with Gasteiger partial charge in [0, 0.05) is 24.1 Å². The molecule has 0 unspecified atom stereocenters. The van der Waals surface area contributed by atoms with Crippen molar-refractivity contribution in [2.45, 2.75) is 12.8 Å². The zero-order valence-corrected chi connectivity index (χ0v) is 13.1. The Kier molecular flexibility index (Phi) is 5.79. The number of aryl methyl sites for hydroxylation is 1. The van der Waals surface area contributed by atoms with Crippen LogP contribution in [0.4, 0.5) is 5.69 Å². The van der Waals surface area contributed by atoms with Crippen molar-refractivity contribution in [3.05, 3.63) is 75.3 Å². The van der Waals surface area contributed by atoms with E-state index in [9.17, 15) is 19.7 Å². The number of nitro benzene ring substituents is 1. The summed E-state index contributed by atoms with van der Waals surface area (Å²) in [5, 5.41) is 19.3. The third kappa shape index (κ3) is 5.14. The minimum Gasteiger partial charge on any atom is -0.273 e. The number of rotatable bonds is 5. The molecule has 0 aliphatic rings. The van der Waals surface area contributed by atoms with Crippen LogP contribution in [0.3, 0.4) is 0 Å². The van der Waals surface area contributed by atoms with Crippen LogP contribution in [-0.4, -0.2) is 16.7 Å². The zero-order valence-electron chi connectivity index (χ0n) is 13.1. The van der Waals surface area contributed by atoms with E-state index in [1.807, 2.05) is 6.07 Å². The minimum atomic E-state index is -0.568. The molecule has 126 valence electrons. The maximum atomic E-state index is 11.8. The predicted molar refractivity (Wildman–Crippen MR) is 88.2 cm³/mol. The first kappa shape index (κ1) is 17.6. The van der Waals surface area contributed by atoms with Gasteiger partial charge in [-0.2, -0.15) is 5.26 Å². The Labute approximate surface area is 143 Å². The van der Waals surface area contributed by atoms with Gasteiger partial charge >= 0.3 is 0 Å². The van der Waals surface area contributed by atoms with Crippen molar-refractivity contribution in [2.24, 2.45) is 0 Å². The highest BCUT2D eigenvalue weighted by atomic mass is 16.6. The average molecular weight is 338 g/mol. The number of hydrazine groups is 1. The number of nitriles is 1. The van der Waals surface area contributed by atoms with Gasteiger partial charge in [-0.05, 0) is 36.2 Å². The molecule has 25 heavy (non-hydrogen) atoms. The topological polar surface area (TPSA) is 125 Å². The number of benzene rings is 2. The lowest BCUT2D eigenvalue weighted by Crippen LogP contribution is -2.41. The van der Waals surface area contributed by atoms with Crippen molar-refractivity contribution < 1.29 is 14.5 Å². The summed E-state index contributed by atoms with van der Waals surface area (Å²) in [6.45, 7) is 0. The van der Waals surface area contributed by atoms with Gasteiger partial charge in [0.25, 0.3) is 11.6 Å². The van der Waals surface area contributed by atoms with E-state index in [1.165, 1.54) is 24.3 Å². The monoisotopic (exact) mass is 338 g/mol. The van der Waals surface area contributed by atoms with Gasteiger partial charge in [0.2, 0.25) is 5.91 Å². The molecule has 0 radical (unpaired) electrons. The van der Waals surface area contributed by atoms with Crippen LogP contribution >= 0.6 is 0 Å². The van der Waals surface area contributed by atoms with Gasteiger partial charge < -0.3 is 0 Å². The van der Waals surface area contributed by atoms with E-state index in [4.69, 9.17) is 5.26 Å². The average Bonchev–Trinajstić information content (AvgIpc) is 2.64. The molecular formula is C17H14N4O4. The van der Waals surface area contributed by atoms with Crippen LogP contribution in [-0.2, 0) is 11.2 Å². The van der Waals surface area contributed by atoms with Crippen molar-refractivity contribution in [3.63, 3.8) is 0 Å². The molecular weight excluding hydrogens is 324 g/mol. The molecule has 0 saturated heterocycles. The Balaban J connectivity index is 1.79. The summed E-state index contributed by atoms with van der Waals surface area (Å²) in [6.07, 6.45) is 0.622. The highest BCUT2D eigenvalue weighted by Gasteiger charge is 2.10. The Morgan fingerprint density at radius 2 is 1.68 bits per heavy atom. The quantitative estimate of drug-likeness (QED) is 0.636. The minimum absolute atomic E-state index is 0.122. The molecule has 0 bridgehead atoms. The predicted octanol–water partition coefficient (Wildman–Crippen LogP) is 1.86. The fourth-order valence-corrected chi connectivity index (χ4v) is 2.00. The second-order valence-corrected chi connectivity index (χ2v) is 5.12. The Morgan fingerprint density at radius 3 is 2.24 bits per heavy atom. The van der Waals surface area contributed by atoms with Gasteiger partial charge in [0.1, 0.15) is 0 Å². The van der Waals surface area contributed by atoms with Gasteiger partial charge in [-0.25, -0.2) is 0 Å². The fourth-order valence-electron chi connectivity index (χ4n) is 2.00. The van der Waals surface area contributed by atoms with Crippen LogP contribution in [0, 0.1) is 21.4 Å². The number of nitro groups is 1. The maximum absolute atomic E-state index is 11.8. The summed E-state index contributed by atoms with van der Waals surface area (Å²) in [5.41, 5.74) is 6.05. The van der Waals surface area contributed by atoms with Crippen molar-refractivity contribution in [2.75, 3.05) is 0 Å². The summed E-state index contributed by atoms with van der Waals surface area (Å²) in [6, 6.07) is 13.9. The standard InChI is InChI=1S/C17H14N4O4/c18-11-13-3-1-12(2-4-13)5-10-16(22)19-20-17(23)14-6-8-15(9-7-14)21(24)25/h1-4,6-9H,5,10H2,(H,19,22)(H,20,23). The third-order valence-corrected chi connectivity index (χ3v) is 3.38. The number of hydrogen-bond donors (Lipinski definition) is 2.